The maximum absolute atomic E-state index is 12.9. The van der Waals surface area contributed by atoms with E-state index in [1.807, 2.05) is 11.8 Å². The summed E-state index contributed by atoms with van der Waals surface area (Å²) in [7, 11) is 0. The van der Waals surface area contributed by atoms with Crippen molar-refractivity contribution in [2.45, 2.75) is 32.2 Å². The van der Waals surface area contributed by atoms with E-state index in [1.54, 1.807) is 12.1 Å². The SMILES string of the molecule is CCC(=O)N1CCC[C@H]1c1nc(-c2ccc(F)cc2)n[nH]1. The molecular weight excluding hydrogens is 271 g/mol. The van der Waals surface area contributed by atoms with Crippen LogP contribution in [0.5, 0.6) is 0 Å². The van der Waals surface area contributed by atoms with Crippen molar-refractivity contribution in [1.29, 1.82) is 0 Å². The Balaban J connectivity index is 1.84. The Morgan fingerprint density at radius 3 is 2.90 bits per heavy atom. The highest BCUT2D eigenvalue weighted by Crippen LogP contribution is 2.31. The first-order chi connectivity index (χ1) is 10.2. The normalized spacial score (nSPS) is 18.2. The number of nitrogens with one attached hydrogen (secondary N) is 1. The van der Waals surface area contributed by atoms with Crippen LogP contribution in [-0.2, 0) is 4.79 Å². The number of halogens is 1. The van der Waals surface area contributed by atoms with Crippen LogP contribution in [-0.4, -0.2) is 32.5 Å². The molecule has 0 aliphatic carbocycles. The molecule has 1 atom stereocenters. The Morgan fingerprint density at radius 2 is 2.19 bits per heavy atom. The summed E-state index contributed by atoms with van der Waals surface area (Å²) in [4.78, 5) is 18.3. The molecule has 0 spiro atoms. The summed E-state index contributed by atoms with van der Waals surface area (Å²) in [5.74, 6) is 1.08. The van der Waals surface area contributed by atoms with E-state index in [1.165, 1.54) is 12.1 Å². The smallest absolute Gasteiger partial charge is 0.222 e. The van der Waals surface area contributed by atoms with Crippen LogP contribution in [0, 0.1) is 5.82 Å². The second kappa shape index (κ2) is 5.63. The number of carbonyl (C=O) groups excluding carboxylic acids is 1. The van der Waals surface area contributed by atoms with Gasteiger partial charge >= 0.3 is 0 Å². The zero-order valence-electron chi connectivity index (χ0n) is 11.8. The summed E-state index contributed by atoms with van der Waals surface area (Å²) in [5, 5.41) is 7.10. The second-order valence-electron chi connectivity index (χ2n) is 5.15. The highest BCUT2D eigenvalue weighted by Gasteiger charge is 2.31. The summed E-state index contributed by atoms with van der Waals surface area (Å²) in [6, 6.07) is 6.03. The van der Waals surface area contributed by atoms with Crippen LogP contribution in [0.3, 0.4) is 0 Å². The molecule has 6 heteroatoms. The molecule has 2 aromatic rings. The van der Waals surface area contributed by atoms with Crippen molar-refractivity contribution >= 4 is 5.91 Å². The van der Waals surface area contributed by atoms with Gasteiger partial charge in [0.1, 0.15) is 11.6 Å². The number of amides is 1. The Hall–Kier alpha value is -2.24. The Labute approximate surface area is 122 Å². The van der Waals surface area contributed by atoms with E-state index in [0.29, 0.717) is 18.1 Å². The van der Waals surface area contributed by atoms with Crippen molar-refractivity contribution < 1.29 is 9.18 Å². The van der Waals surface area contributed by atoms with E-state index < -0.39 is 0 Å². The van der Waals surface area contributed by atoms with Crippen molar-refractivity contribution in [2.24, 2.45) is 0 Å². The third kappa shape index (κ3) is 2.66. The number of benzene rings is 1. The van der Waals surface area contributed by atoms with Gasteiger partial charge in [-0.2, -0.15) is 5.10 Å². The number of likely N-dealkylation sites (tertiary alicyclic amines) is 1. The van der Waals surface area contributed by atoms with Gasteiger partial charge in [0.2, 0.25) is 5.91 Å². The first kappa shape index (κ1) is 13.7. The number of carbonyl (C=O) groups is 1. The molecule has 0 saturated carbocycles. The van der Waals surface area contributed by atoms with Gasteiger partial charge in [0, 0.05) is 18.5 Å². The van der Waals surface area contributed by atoms with Gasteiger partial charge < -0.3 is 4.90 Å². The Morgan fingerprint density at radius 1 is 1.43 bits per heavy atom. The minimum atomic E-state index is -0.287. The molecule has 1 fully saturated rings. The molecule has 1 N–H and O–H groups in total. The monoisotopic (exact) mass is 288 g/mol. The molecule has 0 radical (unpaired) electrons. The molecule has 0 bridgehead atoms. The van der Waals surface area contributed by atoms with Crippen LogP contribution in [0.15, 0.2) is 24.3 Å². The lowest BCUT2D eigenvalue weighted by Crippen LogP contribution is -2.30. The maximum Gasteiger partial charge on any atom is 0.222 e. The Kier molecular flexibility index (Phi) is 3.68. The quantitative estimate of drug-likeness (QED) is 0.944. The van der Waals surface area contributed by atoms with Crippen molar-refractivity contribution in [3.8, 4) is 11.4 Å². The van der Waals surface area contributed by atoms with Crippen molar-refractivity contribution in [3.05, 3.63) is 35.9 Å². The predicted molar refractivity (Wildman–Crippen MR) is 75.8 cm³/mol. The second-order valence-corrected chi connectivity index (χ2v) is 5.15. The lowest BCUT2D eigenvalue weighted by molar-refractivity contribution is -0.131. The summed E-state index contributed by atoms with van der Waals surface area (Å²) >= 11 is 0. The topological polar surface area (TPSA) is 61.9 Å². The fourth-order valence-electron chi connectivity index (χ4n) is 2.70. The van der Waals surface area contributed by atoms with Crippen molar-refractivity contribution in [1.82, 2.24) is 20.1 Å². The number of rotatable bonds is 3. The summed E-state index contributed by atoms with van der Waals surface area (Å²) < 4.78 is 12.9. The summed E-state index contributed by atoms with van der Waals surface area (Å²) in [6.45, 7) is 2.63. The van der Waals surface area contributed by atoms with E-state index in [4.69, 9.17) is 0 Å². The van der Waals surface area contributed by atoms with Crippen LogP contribution < -0.4 is 0 Å². The third-order valence-electron chi connectivity index (χ3n) is 3.80. The fraction of sp³-hybridized carbons (Fsp3) is 0.400. The summed E-state index contributed by atoms with van der Waals surface area (Å²) in [6.07, 6.45) is 2.36. The van der Waals surface area contributed by atoms with Crippen molar-refractivity contribution in [2.75, 3.05) is 6.54 Å². The van der Waals surface area contributed by atoms with Crippen LogP contribution in [0.2, 0.25) is 0 Å². The van der Waals surface area contributed by atoms with Crippen molar-refractivity contribution in [3.63, 3.8) is 0 Å². The van der Waals surface area contributed by atoms with Gasteiger partial charge in [0.05, 0.1) is 6.04 Å². The van der Waals surface area contributed by atoms with E-state index in [9.17, 15) is 9.18 Å². The number of aromatic nitrogens is 3. The van der Waals surface area contributed by atoms with Gasteiger partial charge in [0.25, 0.3) is 0 Å². The largest absolute Gasteiger partial charge is 0.332 e. The number of hydrogen-bond acceptors (Lipinski definition) is 3. The zero-order valence-corrected chi connectivity index (χ0v) is 11.8. The molecule has 1 amide bonds. The molecule has 1 aromatic heterocycles. The highest BCUT2D eigenvalue weighted by molar-refractivity contribution is 5.76. The molecule has 1 saturated heterocycles. The molecule has 3 rings (SSSR count). The predicted octanol–water partition coefficient (Wildman–Crippen LogP) is 2.68. The van der Waals surface area contributed by atoms with E-state index >= 15 is 0 Å². The number of aromatic amines is 1. The molecule has 5 nitrogen and oxygen atoms in total. The molecule has 110 valence electrons. The minimum Gasteiger partial charge on any atom is -0.332 e. The highest BCUT2D eigenvalue weighted by atomic mass is 19.1. The van der Waals surface area contributed by atoms with E-state index in [0.717, 1.165) is 24.9 Å². The third-order valence-corrected chi connectivity index (χ3v) is 3.80. The average Bonchev–Trinajstić information content (AvgIpc) is 3.15. The molecule has 1 aliphatic rings. The summed E-state index contributed by atoms with van der Waals surface area (Å²) in [5.41, 5.74) is 0.755. The molecule has 1 aromatic carbocycles. The van der Waals surface area contributed by atoms with Crippen LogP contribution >= 0.6 is 0 Å². The van der Waals surface area contributed by atoms with Crippen LogP contribution in [0.25, 0.3) is 11.4 Å². The number of hydrogen-bond donors (Lipinski definition) is 1. The molecule has 2 heterocycles. The Bertz CT molecular complexity index is 637. The lowest BCUT2D eigenvalue weighted by Gasteiger charge is -2.22. The lowest BCUT2D eigenvalue weighted by atomic mass is 10.2. The fourth-order valence-corrected chi connectivity index (χ4v) is 2.70. The molecular formula is C15H17FN4O. The average molecular weight is 288 g/mol. The van der Waals surface area contributed by atoms with E-state index in [-0.39, 0.29) is 17.8 Å². The van der Waals surface area contributed by atoms with Crippen LogP contribution in [0.4, 0.5) is 4.39 Å². The van der Waals surface area contributed by atoms with Gasteiger partial charge in [-0.15, -0.1) is 0 Å². The van der Waals surface area contributed by atoms with Gasteiger partial charge in [-0.3, -0.25) is 9.89 Å². The van der Waals surface area contributed by atoms with Gasteiger partial charge in [-0.1, -0.05) is 6.92 Å². The minimum absolute atomic E-state index is 0.0286. The number of H-pyrrole nitrogens is 1. The van der Waals surface area contributed by atoms with Gasteiger partial charge in [0.15, 0.2) is 5.82 Å². The molecule has 21 heavy (non-hydrogen) atoms. The number of nitrogens with zero attached hydrogens (tertiary/aromatic N) is 3. The first-order valence-electron chi connectivity index (χ1n) is 7.16. The molecule has 0 unspecified atom stereocenters. The standard InChI is InChI=1S/C15H17FN4O/c1-2-13(21)20-9-3-4-12(20)15-17-14(18-19-15)10-5-7-11(16)8-6-10/h5-8,12H,2-4,9H2,1H3,(H,17,18,19)/t12-/m0/s1. The maximum atomic E-state index is 12.9. The van der Waals surface area contributed by atoms with Crippen LogP contribution in [0.1, 0.15) is 38.1 Å². The van der Waals surface area contributed by atoms with Gasteiger partial charge in [-0.25, -0.2) is 9.37 Å². The van der Waals surface area contributed by atoms with Gasteiger partial charge in [-0.05, 0) is 37.1 Å². The van der Waals surface area contributed by atoms with E-state index in [2.05, 4.69) is 15.2 Å². The zero-order chi connectivity index (χ0) is 14.8. The first-order valence-corrected chi connectivity index (χ1v) is 7.16. The molecule has 1 aliphatic heterocycles.